The minimum absolute atomic E-state index is 0.00977. The minimum atomic E-state index is -3.59. The molecular formula is C20H24N4O6S2. The van der Waals surface area contributed by atoms with Crippen LogP contribution in [0.15, 0.2) is 52.3 Å². The number of carbonyl (C=O) groups excluding carboxylic acids is 2. The first-order valence-electron chi connectivity index (χ1n) is 9.48. The highest BCUT2D eigenvalue weighted by Crippen LogP contribution is 2.30. The van der Waals surface area contributed by atoms with Gasteiger partial charge < -0.3 is 11.1 Å². The Morgan fingerprint density at radius 3 is 2.34 bits per heavy atom. The van der Waals surface area contributed by atoms with E-state index >= 15 is 0 Å². The Morgan fingerprint density at radius 1 is 1.19 bits per heavy atom. The standard InChI is InChI=1S/C20H24N4O6S2/c1-13(2)23(3)32(29,30)16-7-4-14(5-8-16)11-22-19(25)12-31-18-9-6-15(20(21)26)10-17(18)24(27)28/h4-10,13H,11-12H2,1-3H3,(H2,21,26)(H,22,25). The molecule has 0 aliphatic rings. The van der Waals surface area contributed by atoms with Crippen molar-refractivity contribution < 1.29 is 22.9 Å². The highest BCUT2D eigenvalue weighted by molar-refractivity contribution is 8.00. The molecule has 0 atom stereocenters. The van der Waals surface area contributed by atoms with Gasteiger partial charge in [-0.2, -0.15) is 4.31 Å². The summed E-state index contributed by atoms with van der Waals surface area (Å²) < 4.78 is 26.2. The van der Waals surface area contributed by atoms with Crippen LogP contribution in [-0.4, -0.2) is 48.3 Å². The van der Waals surface area contributed by atoms with Gasteiger partial charge in [0, 0.05) is 31.3 Å². The Bertz CT molecular complexity index is 1120. The molecule has 0 unspecified atom stereocenters. The number of nitro groups is 1. The Kier molecular flexibility index (Phi) is 8.36. The van der Waals surface area contributed by atoms with Crippen LogP contribution in [0.3, 0.4) is 0 Å². The molecule has 0 saturated carbocycles. The fraction of sp³-hybridized carbons (Fsp3) is 0.300. The van der Waals surface area contributed by atoms with Gasteiger partial charge in [-0.1, -0.05) is 12.1 Å². The number of nitrogens with two attached hydrogens (primary N) is 1. The van der Waals surface area contributed by atoms with Gasteiger partial charge in [-0.15, -0.1) is 11.8 Å². The average Bonchev–Trinajstić information content (AvgIpc) is 2.75. The number of nitrogens with one attached hydrogen (secondary N) is 1. The van der Waals surface area contributed by atoms with Gasteiger partial charge in [0.2, 0.25) is 21.8 Å². The zero-order valence-electron chi connectivity index (χ0n) is 17.8. The van der Waals surface area contributed by atoms with Crippen LogP contribution in [0.2, 0.25) is 0 Å². The second kappa shape index (κ2) is 10.6. The van der Waals surface area contributed by atoms with Crippen molar-refractivity contribution in [1.29, 1.82) is 0 Å². The molecule has 10 nitrogen and oxygen atoms in total. The third-order valence-corrected chi connectivity index (χ3v) is 7.73. The fourth-order valence-electron chi connectivity index (χ4n) is 2.55. The number of hydrogen-bond acceptors (Lipinski definition) is 7. The molecule has 2 aromatic rings. The fourth-order valence-corrected chi connectivity index (χ4v) is 4.76. The summed E-state index contributed by atoms with van der Waals surface area (Å²) in [6.45, 7) is 3.72. The van der Waals surface area contributed by atoms with Crippen molar-refractivity contribution in [2.75, 3.05) is 12.8 Å². The number of sulfonamides is 1. The lowest BCUT2D eigenvalue weighted by atomic mass is 10.2. The summed E-state index contributed by atoms with van der Waals surface area (Å²) in [4.78, 5) is 34.3. The number of nitrogens with zero attached hydrogens (tertiary/aromatic N) is 2. The molecule has 0 aliphatic carbocycles. The average molecular weight is 481 g/mol. The molecule has 2 aromatic carbocycles. The predicted octanol–water partition coefficient (Wildman–Crippen LogP) is 2.13. The lowest BCUT2D eigenvalue weighted by molar-refractivity contribution is -0.387. The maximum Gasteiger partial charge on any atom is 0.283 e. The molecule has 0 fully saturated rings. The highest BCUT2D eigenvalue weighted by Gasteiger charge is 2.23. The summed E-state index contributed by atoms with van der Waals surface area (Å²) in [7, 11) is -2.08. The molecule has 2 rings (SSSR count). The zero-order valence-corrected chi connectivity index (χ0v) is 19.4. The number of benzene rings is 2. The summed E-state index contributed by atoms with van der Waals surface area (Å²) in [5.41, 5.74) is 5.55. The van der Waals surface area contributed by atoms with Crippen molar-refractivity contribution in [1.82, 2.24) is 9.62 Å². The van der Waals surface area contributed by atoms with E-state index in [1.807, 2.05) is 0 Å². The molecule has 0 bridgehead atoms. The van der Waals surface area contributed by atoms with Crippen molar-refractivity contribution in [3.8, 4) is 0 Å². The van der Waals surface area contributed by atoms with E-state index in [2.05, 4.69) is 5.32 Å². The molecule has 0 radical (unpaired) electrons. The topological polar surface area (TPSA) is 153 Å². The largest absolute Gasteiger partial charge is 0.366 e. The third kappa shape index (κ3) is 6.28. The number of primary amides is 1. The van der Waals surface area contributed by atoms with Crippen LogP contribution in [0.4, 0.5) is 5.69 Å². The van der Waals surface area contributed by atoms with Gasteiger partial charge in [0.05, 0.1) is 20.5 Å². The van der Waals surface area contributed by atoms with Gasteiger partial charge in [-0.05, 0) is 43.7 Å². The SMILES string of the molecule is CC(C)N(C)S(=O)(=O)c1ccc(CNC(=O)CSc2ccc(C(N)=O)cc2[N+](=O)[O-])cc1. The van der Waals surface area contributed by atoms with Crippen molar-refractivity contribution in [2.24, 2.45) is 5.73 Å². The zero-order chi connectivity index (χ0) is 24.1. The summed E-state index contributed by atoms with van der Waals surface area (Å²) in [6, 6.07) is 9.82. The molecule has 12 heteroatoms. The van der Waals surface area contributed by atoms with E-state index in [1.165, 1.54) is 35.6 Å². The number of carbonyl (C=O) groups is 2. The van der Waals surface area contributed by atoms with Crippen LogP contribution < -0.4 is 11.1 Å². The van der Waals surface area contributed by atoms with Gasteiger partial charge in [0.1, 0.15) is 0 Å². The van der Waals surface area contributed by atoms with Crippen molar-refractivity contribution in [3.63, 3.8) is 0 Å². The van der Waals surface area contributed by atoms with Gasteiger partial charge in [-0.25, -0.2) is 8.42 Å². The molecule has 0 aromatic heterocycles. The van der Waals surface area contributed by atoms with E-state index in [4.69, 9.17) is 5.73 Å². The Balaban J connectivity index is 1.97. The second-order valence-electron chi connectivity index (χ2n) is 7.13. The van der Waals surface area contributed by atoms with Crippen LogP contribution in [0.25, 0.3) is 0 Å². The van der Waals surface area contributed by atoms with Gasteiger partial charge >= 0.3 is 0 Å². The van der Waals surface area contributed by atoms with E-state index in [1.54, 1.807) is 26.0 Å². The molecule has 0 aliphatic heterocycles. The van der Waals surface area contributed by atoms with Crippen molar-refractivity contribution in [3.05, 3.63) is 63.7 Å². The third-order valence-electron chi connectivity index (χ3n) is 4.62. The lowest BCUT2D eigenvalue weighted by Gasteiger charge is -2.21. The molecule has 172 valence electrons. The van der Waals surface area contributed by atoms with Crippen LogP contribution in [0.1, 0.15) is 29.8 Å². The van der Waals surface area contributed by atoms with Crippen LogP contribution in [0, 0.1) is 10.1 Å². The summed E-state index contributed by atoms with van der Waals surface area (Å²) in [5.74, 6) is -1.22. The van der Waals surface area contributed by atoms with E-state index < -0.39 is 20.9 Å². The predicted molar refractivity (Wildman–Crippen MR) is 121 cm³/mol. The molecule has 0 heterocycles. The van der Waals surface area contributed by atoms with Crippen LogP contribution >= 0.6 is 11.8 Å². The minimum Gasteiger partial charge on any atom is -0.366 e. The van der Waals surface area contributed by atoms with Gasteiger partial charge in [0.15, 0.2) is 0 Å². The lowest BCUT2D eigenvalue weighted by Crippen LogP contribution is -2.33. The van der Waals surface area contributed by atoms with Gasteiger partial charge in [0.25, 0.3) is 5.69 Å². The van der Waals surface area contributed by atoms with E-state index in [0.717, 1.165) is 17.8 Å². The van der Waals surface area contributed by atoms with E-state index in [9.17, 15) is 28.1 Å². The smallest absolute Gasteiger partial charge is 0.283 e. The number of hydrogen-bond donors (Lipinski definition) is 2. The summed E-state index contributed by atoms with van der Waals surface area (Å²) >= 11 is 0.960. The Hall–Kier alpha value is -2.96. The van der Waals surface area contributed by atoms with Crippen LogP contribution in [0.5, 0.6) is 0 Å². The van der Waals surface area contributed by atoms with E-state index in [0.29, 0.717) is 5.56 Å². The Morgan fingerprint density at radius 2 is 1.81 bits per heavy atom. The van der Waals surface area contributed by atoms with E-state index in [-0.39, 0.29) is 45.3 Å². The Labute approximate surface area is 190 Å². The quantitative estimate of drug-likeness (QED) is 0.300. The molecule has 3 N–H and O–H groups in total. The molecule has 0 saturated heterocycles. The van der Waals surface area contributed by atoms with Crippen molar-refractivity contribution >= 4 is 39.3 Å². The normalized spacial score (nSPS) is 11.5. The van der Waals surface area contributed by atoms with Crippen molar-refractivity contribution in [2.45, 2.75) is 36.2 Å². The number of nitro benzene ring substituents is 1. The number of amides is 2. The molecule has 0 spiro atoms. The molecule has 32 heavy (non-hydrogen) atoms. The summed E-state index contributed by atoms with van der Waals surface area (Å²) in [6.07, 6.45) is 0. The maximum atomic E-state index is 12.5. The first kappa shape index (κ1) is 25.3. The summed E-state index contributed by atoms with van der Waals surface area (Å²) in [5, 5.41) is 13.9. The van der Waals surface area contributed by atoms with Crippen LogP contribution in [-0.2, 0) is 21.4 Å². The number of thioether (sulfide) groups is 1. The maximum absolute atomic E-state index is 12.5. The second-order valence-corrected chi connectivity index (χ2v) is 10.1. The first-order valence-corrected chi connectivity index (χ1v) is 11.9. The van der Waals surface area contributed by atoms with Gasteiger partial charge in [-0.3, -0.25) is 19.7 Å². The first-order chi connectivity index (χ1) is 14.9. The monoisotopic (exact) mass is 480 g/mol. The number of rotatable bonds is 10. The molecular weight excluding hydrogens is 456 g/mol. The highest BCUT2D eigenvalue weighted by atomic mass is 32.2. The molecule has 2 amide bonds.